The van der Waals surface area contributed by atoms with Crippen LogP contribution in [0.3, 0.4) is 0 Å². The lowest BCUT2D eigenvalue weighted by Gasteiger charge is -2.31. The smallest absolute Gasteiger partial charge is 0.181 e. The topological polar surface area (TPSA) is 196 Å². The first-order valence-electron chi connectivity index (χ1n) is 19.7. The second-order valence-corrected chi connectivity index (χ2v) is 15.1. The molecule has 0 fully saturated rings. The summed E-state index contributed by atoms with van der Waals surface area (Å²) in [6.45, 7) is 8.12. The summed E-state index contributed by atoms with van der Waals surface area (Å²) in [6, 6.07) is 28.2. The highest BCUT2D eigenvalue weighted by Crippen LogP contribution is 2.31. The minimum atomic E-state index is 0.505. The van der Waals surface area contributed by atoms with Crippen LogP contribution in [0.5, 0.6) is 0 Å². The molecule has 4 aromatic heterocycles. The van der Waals surface area contributed by atoms with Gasteiger partial charge in [0, 0.05) is 63.2 Å². The first-order chi connectivity index (χ1) is 29.8. The average Bonchev–Trinajstić information content (AvgIpc) is 3.98. The van der Waals surface area contributed by atoms with Gasteiger partial charge in [0.2, 0.25) is 0 Å². The van der Waals surface area contributed by atoms with Gasteiger partial charge in [-0.3, -0.25) is 0 Å². The first kappa shape index (κ1) is 40.4. The quantitative estimate of drug-likeness (QED) is 0.152. The summed E-state index contributed by atoms with van der Waals surface area (Å²) < 4.78 is 10.4. The van der Waals surface area contributed by atoms with Crippen LogP contribution >= 0.6 is 11.6 Å². The average molecular weight is 829 g/mol. The van der Waals surface area contributed by atoms with E-state index in [0.717, 1.165) is 110 Å². The van der Waals surface area contributed by atoms with Crippen LogP contribution in [-0.4, -0.2) is 43.0 Å². The highest BCUT2D eigenvalue weighted by Gasteiger charge is 2.24. The predicted molar refractivity (Wildman–Crippen MR) is 234 cm³/mol. The molecule has 10 rings (SSSR count). The number of rotatable bonds is 6. The number of nitrogens with two attached hydrogens (primary N) is 1. The molecule has 6 heterocycles. The van der Waals surface area contributed by atoms with Gasteiger partial charge in [-0.1, -0.05) is 35.9 Å². The molecule has 4 aromatic carbocycles. The molecule has 0 bridgehead atoms. The van der Waals surface area contributed by atoms with E-state index in [0.29, 0.717) is 42.5 Å². The number of nitrogens with one attached hydrogen (secondary N) is 1. The molecule has 61 heavy (non-hydrogen) atoms. The van der Waals surface area contributed by atoms with Crippen LogP contribution < -0.4 is 20.9 Å². The molecule has 0 unspecified atom stereocenters. The van der Waals surface area contributed by atoms with Gasteiger partial charge in [0.25, 0.3) is 0 Å². The molecule has 2 aliphatic heterocycles. The Balaban J connectivity index is 0.000000142. The van der Waals surface area contributed by atoms with Crippen molar-refractivity contribution >= 4 is 51.0 Å². The largest absolute Gasteiger partial charge is 0.443 e. The third-order valence-corrected chi connectivity index (χ3v) is 11.0. The number of fused-ring (bicyclic) bond motifs is 4. The van der Waals surface area contributed by atoms with Crippen molar-refractivity contribution in [2.75, 3.05) is 28.2 Å². The third kappa shape index (κ3) is 9.11. The molecule has 0 aliphatic carbocycles. The Morgan fingerprint density at radius 3 is 1.80 bits per heavy atom. The molecule has 304 valence electrons. The Kier molecular flexibility index (Phi) is 12.1. The number of oxazole rings is 2. The lowest BCUT2D eigenvalue weighted by atomic mass is 10.0. The highest BCUT2D eigenvalue weighted by atomic mass is 35.5. The van der Waals surface area contributed by atoms with Crippen LogP contribution in [-0.2, 0) is 39.0 Å². The molecule has 0 radical (unpaired) electrons. The van der Waals surface area contributed by atoms with Crippen LogP contribution in [0.25, 0.3) is 22.2 Å². The van der Waals surface area contributed by atoms with Crippen molar-refractivity contribution in [3.8, 4) is 12.1 Å². The standard InChI is InChI=1S/C23H20N6O.C15H13ClN4.C8H8N2O/c1-15-2-4-21(17(8-15)10-24)29-7-6-19-18(12-29)23(27-13-26-19)25-11-16-3-5-22-20(9-16)28-14-30-22;1-10-2-3-14(11(6-10)7-17)20-5-4-13-12(8-20)15(16)19-9-18-13;9-4-6-1-2-8-7(3-6)10-5-11-8/h2-5,8-9,13-14H,6-7,11-12H2,1H3,(H,25,26,27);2-3,6,9H,4-5,8H2,1H3;1-3,5H,4,9H2. The summed E-state index contributed by atoms with van der Waals surface area (Å²) in [4.78, 5) is 29.9. The molecule has 0 spiro atoms. The molecule has 15 heteroatoms. The molecule has 8 aromatic rings. The third-order valence-electron chi connectivity index (χ3n) is 10.7. The zero-order valence-corrected chi connectivity index (χ0v) is 34.4. The number of nitriles is 2. The van der Waals surface area contributed by atoms with Gasteiger partial charge >= 0.3 is 0 Å². The molecule has 0 saturated carbocycles. The van der Waals surface area contributed by atoms with Crippen molar-refractivity contribution in [3.05, 3.63) is 159 Å². The Bertz CT molecular complexity index is 2930. The van der Waals surface area contributed by atoms with E-state index in [2.05, 4.69) is 57.2 Å². The fourth-order valence-corrected chi connectivity index (χ4v) is 7.68. The monoisotopic (exact) mass is 828 g/mol. The van der Waals surface area contributed by atoms with Gasteiger partial charge in [-0.15, -0.1) is 0 Å². The van der Waals surface area contributed by atoms with Crippen molar-refractivity contribution < 1.29 is 8.83 Å². The Morgan fingerprint density at radius 2 is 1.21 bits per heavy atom. The fourth-order valence-electron chi connectivity index (χ4n) is 7.47. The van der Waals surface area contributed by atoms with E-state index >= 15 is 0 Å². The lowest BCUT2D eigenvalue weighted by molar-refractivity contribution is 0.602. The molecule has 2 aliphatic rings. The van der Waals surface area contributed by atoms with E-state index in [1.54, 1.807) is 6.33 Å². The van der Waals surface area contributed by atoms with E-state index in [1.165, 1.54) is 19.1 Å². The van der Waals surface area contributed by atoms with Crippen LogP contribution in [0, 0.1) is 36.5 Å². The number of halogens is 1. The fraction of sp³-hybridized carbons (Fsp3) is 0.217. The lowest BCUT2D eigenvalue weighted by Crippen LogP contribution is -2.32. The molecule has 14 nitrogen and oxygen atoms in total. The zero-order chi connectivity index (χ0) is 42.3. The van der Waals surface area contributed by atoms with E-state index in [1.807, 2.05) is 86.6 Å². The van der Waals surface area contributed by atoms with Crippen LogP contribution in [0.2, 0.25) is 5.15 Å². The van der Waals surface area contributed by atoms with E-state index in [9.17, 15) is 10.5 Å². The first-order valence-corrected chi connectivity index (χ1v) is 20.1. The molecule has 0 saturated heterocycles. The molecular formula is C46H41ClN12O2. The number of benzene rings is 4. The second kappa shape index (κ2) is 18.3. The number of hydrogen-bond donors (Lipinski definition) is 2. The number of nitrogens with zero attached hydrogens (tertiary/aromatic N) is 10. The number of hydrogen-bond acceptors (Lipinski definition) is 14. The number of aryl methyl sites for hydroxylation is 2. The van der Waals surface area contributed by atoms with Gasteiger partial charge in [-0.2, -0.15) is 10.5 Å². The molecular weight excluding hydrogens is 788 g/mol. The van der Waals surface area contributed by atoms with Gasteiger partial charge in [0.1, 0.15) is 46.8 Å². The highest BCUT2D eigenvalue weighted by molar-refractivity contribution is 6.30. The molecule has 0 amide bonds. The minimum Gasteiger partial charge on any atom is -0.443 e. The van der Waals surface area contributed by atoms with Crippen LogP contribution in [0.15, 0.2) is 107 Å². The van der Waals surface area contributed by atoms with Crippen molar-refractivity contribution in [1.82, 2.24) is 29.9 Å². The molecule has 3 N–H and O–H groups in total. The van der Waals surface area contributed by atoms with Crippen molar-refractivity contribution in [2.45, 2.75) is 52.9 Å². The summed E-state index contributed by atoms with van der Waals surface area (Å²) in [5.41, 5.74) is 20.5. The predicted octanol–water partition coefficient (Wildman–Crippen LogP) is 8.13. The summed E-state index contributed by atoms with van der Waals surface area (Å²) >= 11 is 6.15. The van der Waals surface area contributed by atoms with Crippen molar-refractivity contribution in [2.24, 2.45) is 5.73 Å². The van der Waals surface area contributed by atoms with Gasteiger partial charge in [-0.05, 0) is 84.6 Å². The Morgan fingerprint density at radius 1 is 0.672 bits per heavy atom. The van der Waals surface area contributed by atoms with Gasteiger partial charge < -0.3 is 29.7 Å². The maximum Gasteiger partial charge on any atom is 0.181 e. The zero-order valence-electron chi connectivity index (χ0n) is 33.6. The van der Waals surface area contributed by atoms with Crippen molar-refractivity contribution in [1.29, 1.82) is 10.5 Å². The van der Waals surface area contributed by atoms with Gasteiger partial charge in [-0.25, -0.2) is 29.9 Å². The molecule has 0 atom stereocenters. The van der Waals surface area contributed by atoms with Gasteiger partial charge in [0.15, 0.2) is 24.0 Å². The van der Waals surface area contributed by atoms with Crippen molar-refractivity contribution in [3.63, 3.8) is 0 Å². The van der Waals surface area contributed by atoms with E-state index < -0.39 is 0 Å². The van der Waals surface area contributed by atoms with E-state index in [4.69, 9.17) is 26.2 Å². The Hall–Kier alpha value is -7.39. The van der Waals surface area contributed by atoms with Crippen LogP contribution in [0.1, 0.15) is 55.9 Å². The normalized spacial score (nSPS) is 12.9. The van der Waals surface area contributed by atoms with Crippen LogP contribution in [0.4, 0.5) is 17.2 Å². The summed E-state index contributed by atoms with van der Waals surface area (Å²) in [6.07, 6.45) is 7.64. The van der Waals surface area contributed by atoms with E-state index in [-0.39, 0.29) is 0 Å². The second-order valence-electron chi connectivity index (χ2n) is 14.7. The maximum atomic E-state index is 9.57. The minimum absolute atomic E-state index is 0.505. The number of aromatic nitrogens is 6. The summed E-state index contributed by atoms with van der Waals surface area (Å²) in [7, 11) is 0. The summed E-state index contributed by atoms with van der Waals surface area (Å²) in [5, 5.41) is 22.8. The summed E-state index contributed by atoms with van der Waals surface area (Å²) in [5.74, 6) is 0.829. The SMILES string of the molecule is Cc1ccc(N2CCc3ncnc(Cl)c3C2)c(C#N)c1.Cc1ccc(N2CCc3ncnc(NCc4ccc5ocnc5c4)c3C2)c(C#N)c1.NCc1ccc2ocnc2c1. The number of anilines is 3. The van der Waals surface area contributed by atoms with Gasteiger partial charge in [0.05, 0.1) is 33.9 Å². The maximum absolute atomic E-state index is 9.57. The Labute approximate surface area is 357 Å².